The Morgan fingerprint density at radius 1 is 0.697 bits per heavy atom. The maximum absolute atomic E-state index is 12.5. The number of benzene rings is 3. The van der Waals surface area contributed by atoms with Gasteiger partial charge in [0.1, 0.15) is 0 Å². The van der Waals surface area contributed by atoms with Gasteiger partial charge >= 0.3 is 0 Å². The summed E-state index contributed by atoms with van der Waals surface area (Å²) in [5, 5.41) is 2.82. The molecular formula is C26H26BrN3O3. The molecule has 0 unspecified atom stereocenters. The van der Waals surface area contributed by atoms with Crippen LogP contribution >= 0.6 is 15.9 Å². The van der Waals surface area contributed by atoms with Gasteiger partial charge < -0.3 is 5.32 Å². The Morgan fingerprint density at radius 2 is 1.18 bits per heavy atom. The van der Waals surface area contributed by atoms with E-state index in [1.807, 2.05) is 25.1 Å². The Bertz CT molecular complexity index is 1180. The quantitative estimate of drug-likeness (QED) is 0.414. The number of amides is 3. The SMILES string of the molecule is Cc1ccc(C(=O)NNC(=O)c2ccc(NC(=O)c3ccc(C(C)(C)C)cc3)cc2)cc1Br. The minimum absolute atomic E-state index is 0.0157. The van der Waals surface area contributed by atoms with Crippen LogP contribution < -0.4 is 16.2 Å². The molecule has 3 aromatic carbocycles. The Morgan fingerprint density at radius 3 is 1.73 bits per heavy atom. The predicted molar refractivity (Wildman–Crippen MR) is 133 cm³/mol. The minimum atomic E-state index is -0.467. The third-order valence-corrected chi connectivity index (χ3v) is 6.00. The van der Waals surface area contributed by atoms with Crippen molar-refractivity contribution in [3.63, 3.8) is 0 Å². The number of halogens is 1. The van der Waals surface area contributed by atoms with E-state index < -0.39 is 11.8 Å². The van der Waals surface area contributed by atoms with Gasteiger partial charge in [-0.3, -0.25) is 25.2 Å². The van der Waals surface area contributed by atoms with Crippen LogP contribution in [0.15, 0.2) is 71.2 Å². The Labute approximate surface area is 201 Å². The number of aryl methyl sites for hydroxylation is 1. The summed E-state index contributed by atoms with van der Waals surface area (Å²) in [4.78, 5) is 37.1. The summed E-state index contributed by atoms with van der Waals surface area (Å²) in [5.41, 5.74) is 8.83. The van der Waals surface area contributed by atoms with E-state index in [2.05, 4.69) is 52.9 Å². The molecule has 170 valence electrons. The third-order valence-electron chi connectivity index (χ3n) is 5.14. The molecule has 0 aliphatic heterocycles. The first-order valence-electron chi connectivity index (χ1n) is 10.4. The van der Waals surface area contributed by atoms with E-state index >= 15 is 0 Å². The number of nitrogens with one attached hydrogen (secondary N) is 3. The van der Waals surface area contributed by atoms with E-state index in [0.29, 0.717) is 22.4 Å². The largest absolute Gasteiger partial charge is 0.322 e. The van der Waals surface area contributed by atoms with Crippen molar-refractivity contribution in [3.8, 4) is 0 Å². The van der Waals surface area contributed by atoms with Crippen LogP contribution in [-0.2, 0) is 5.41 Å². The number of carbonyl (C=O) groups is 3. The molecule has 0 aliphatic carbocycles. The fourth-order valence-corrected chi connectivity index (χ4v) is 3.40. The number of anilines is 1. The van der Waals surface area contributed by atoms with Gasteiger partial charge in [-0.05, 0) is 72.0 Å². The first-order chi connectivity index (χ1) is 15.5. The van der Waals surface area contributed by atoms with Crippen molar-refractivity contribution in [1.29, 1.82) is 0 Å². The first kappa shape index (κ1) is 24.2. The van der Waals surface area contributed by atoms with E-state index in [1.54, 1.807) is 48.5 Å². The van der Waals surface area contributed by atoms with Gasteiger partial charge in [0, 0.05) is 26.9 Å². The lowest BCUT2D eigenvalue weighted by atomic mass is 9.87. The molecule has 3 amide bonds. The summed E-state index contributed by atoms with van der Waals surface area (Å²) in [6.07, 6.45) is 0. The maximum Gasteiger partial charge on any atom is 0.269 e. The molecule has 0 bridgehead atoms. The van der Waals surface area contributed by atoms with Crippen LogP contribution in [0.1, 0.15) is 63.0 Å². The Balaban J connectivity index is 1.56. The smallest absolute Gasteiger partial charge is 0.269 e. The monoisotopic (exact) mass is 507 g/mol. The van der Waals surface area contributed by atoms with Crippen molar-refractivity contribution in [1.82, 2.24) is 10.9 Å². The summed E-state index contributed by atoms with van der Waals surface area (Å²) in [6, 6.07) is 19.1. The topological polar surface area (TPSA) is 87.3 Å². The fraction of sp³-hybridized carbons (Fsp3) is 0.192. The van der Waals surface area contributed by atoms with Crippen molar-refractivity contribution < 1.29 is 14.4 Å². The molecule has 0 aliphatic rings. The average molecular weight is 508 g/mol. The number of rotatable bonds is 4. The van der Waals surface area contributed by atoms with Crippen molar-refractivity contribution in [2.45, 2.75) is 33.1 Å². The van der Waals surface area contributed by atoms with E-state index in [4.69, 9.17) is 0 Å². The lowest BCUT2D eigenvalue weighted by Crippen LogP contribution is -2.41. The highest BCUT2D eigenvalue weighted by Gasteiger charge is 2.15. The summed E-state index contributed by atoms with van der Waals surface area (Å²) in [7, 11) is 0. The summed E-state index contributed by atoms with van der Waals surface area (Å²) < 4.78 is 0.809. The van der Waals surface area contributed by atoms with E-state index in [0.717, 1.165) is 15.6 Å². The van der Waals surface area contributed by atoms with Gasteiger partial charge in [0.05, 0.1) is 0 Å². The normalized spacial score (nSPS) is 10.9. The van der Waals surface area contributed by atoms with Crippen molar-refractivity contribution in [3.05, 3.63) is 99.0 Å². The summed E-state index contributed by atoms with van der Waals surface area (Å²) in [5.74, 6) is -1.13. The standard InChI is InChI=1S/C26H26BrN3O3/c1-16-5-6-19(15-22(16)27)25(33)30-29-24(32)18-9-13-21(14-10-18)28-23(31)17-7-11-20(12-8-17)26(2,3)4/h5-15H,1-4H3,(H,28,31)(H,29,32)(H,30,33). The van der Waals surface area contributed by atoms with Crippen LogP contribution in [0.25, 0.3) is 0 Å². The zero-order chi connectivity index (χ0) is 24.2. The second-order valence-electron chi connectivity index (χ2n) is 8.73. The van der Waals surface area contributed by atoms with Crippen LogP contribution in [0, 0.1) is 6.92 Å². The molecule has 0 spiro atoms. The molecule has 0 fully saturated rings. The number of hydrogen-bond acceptors (Lipinski definition) is 3. The molecule has 3 rings (SSSR count). The second-order valence-corrected chi connectivity index (χ2v) is 9.59. The highest BCUT2D eigenvalue weighted by Crippen LogP contribution is 2.22. The summed E-state index contributed by atoms with van der Waals surface area (Å²) in [6.45, 7) is 8.27. The molecule has 0 heterocycles. The van der Waals surface area contributed by atoms with E-state index in [9.17, 15) is 14.4 Å². The van der Waals surface area contributed by atoms with Gasteiger partial charge in [-0.15, -0.1) is 0 Å². The molecule has 33 heavy (non-hydrogen) atoms. The number of hydrogen-bond donors (Lipinski definition) is 3. The lowest BCUT2D eigenvalue weighted by Gasteiger charge is -2.19. The first-order valence-corrected chi connectivity index (χ1v) is 11.2. The van der Waals surface area contributed by atoms with Crippen molar-refractivity contribution in [2.24, 2.45) is 0 Å². The fourth-order valence-electron chi connectivity index (χ4n) is 3.02. The van der Waals surface area contributed by atoms with E-state index in [-0.39, 0.29) is 11.3 Å². The highest BCUT2D eigenvalue weighted by molar-refractivity contribution is 9.10. The van der Waals surface area contributed by atoms with Gasteiger partial charge in [0.25, 0.3) is 17.7 Å². The summed E-state index contributed by atoms with van der Waals surface area (Å²) >= 11 is 3.38. The van der Waals surface area contributed by atoms with Crippen LogP contribution in [-0.4, -0.2) is 17.7 Å². The highest BCUT2D eigenvalue weighted by atomic mass is 79.9. The van der Waals surface area contributed by atoms with Gasteiger partial charge in [-0.1, -0.05) is 54.9 Å². The third kappa shape index (κ3) is 6.29. The van der Waals surface area contributed by atoms with Gasteiger partial charge in [0.15, 0.2) is 0 Å². The van der Waals surface area contributed by atoms with Gasteiger partial charge in [0.2, 0.25) is 0 Å². The van der Waals surface area contributed by atoms with Gasteiger partial charge in [-0.2, -0.15) is 0 Å². The van der Waals surface area contributed by atoms with E-state index in [1.165, 1.54) is 0 Å². The average Bonchev–Trinajstić information content (AvgIpc) is 2.79. The molecule has 0 atom stereocenters. The molecule has 7 heteroatoms. The molecular weight excluding hydrogens is 482 g/mol. The van der Waals surface area contributed by atoms with Crippen LogP contribution in [0.3, 0.4) is 0 Å². The van der Waals surface area contributed by atoms with Crippen LogP contribution in [0.4, 0.5) is 5.69 Å². The lowest BCUT2D eigenvalue weighted by molar-refractivity contribution is 0.0846. The predicted octanol–water partition coefficient (Wildman–Crippen LogP) is 5.38. The van der Waals surface area contributed by atoms with Crippen molar-refractivity contribution in [2.75, 3.05) is 5.32 Å². The molecule has 0 radical (unpaired) electrons. The molecule has 3 aromatic rings. The number of hydrazine groups is 1. The molecule has 0 saturated heterocycles. The minimum Gasteiger partial charge on any atom is -0.322 e. The second kappa shape index (κ2) is 10.0. The van der Waals surface area contributed by atoms with Crippen LogP contribution in [0.5, 0.6) is 0 Å². The number of carbonyl (C=O) groups excluding carboxylic acids is 3. The van der Waals surface area contributed by atoms with Crippen LogP contribution in [0.2, 0.25) is 0 Å². The Hall–Kier alpha value is -3.45. The zero-order valence-electron chi connectivity index (χ0n) is 19.0. The molecule has 0 saturated carbocycles. The zero-order valence-corrected chi connectivity index (χ0v) is 20.5. The molecule has 6 nitrogen and oxygen atoms in total. The van der Waals surface area contributed by atoms with Crippen molar-refractivity contribution >= 4 is 39.3 Å². The Kier molecular flexibility index (Phi) is 7.33. The maximum atomic E-state index is 12.5. The molecule has 3 N–H and O–H groups in total. The molecule has 0 aromatic heterocycles. The van der Waals surface area contributed by atoms with Gasteiger partial charge in [-0.25, -0.2) is 0 Å².